The summed E-state index contributed by atoms with van der Waals surface area (Å²) in [5.74, 6) is -0.753. The first-order chi connectivity index (χ1) is 21.1. The van der Waals surface area contributed by atoms with Crippen molar-refractivity contribution < 1.29 is 19.4 Å². The van der Waals surface area contributed by atoms with Gasteiger partial charge in [0.25, 0.3) is 0 Å². The third-order valence-corrected chi connectivity index (χ3v) is 8.41. The fourth-order valence-electron chi connectivity index (χ4n) is 5.60. The zero-order valence-electron chi connectivity index (χ0n) is 28.8. The number of unbranched alkanes of at least 4 members (excludes halogenated alkanes) is 23. The molecule has 4 heteroatoms. The Balaban J connectivity index is 4.08. The molecule has 1 atom stereocenters. The molecule has 0 fully saturated rings. The van der Waals surface area contributed by atoms with E-state index < -0.39 is 5.97 Å². The Hall–Kier alpha value is -1.58. The smallest absolute Gasteiger partial charge is 0.306 e. The molecule has 0 rings (SSSR count). The molecule has 0 aromatic rings. The quantitative estimate of drug-likeness (QED) is 0.0451. The Morgan fingerprint density at radius 1 is 0.535 bits per heavy atom. The van der Waals surface area contributed by atoms with E-state index >= 15 is 0 Å². The number of carboxylic acid groups (broad SMARTS) is 1. The Morgan fingerprint density at radius 2 is 0.977 bits per heavy atom. The lowest BCUT2D eigenvalue weighted by molar-refractivity contribution is -0.147. The molecule has 252 valence electrons. The van der Waals surface area contributed by atoms with Gasteiger partial charge in [-0.2, -0.15) is 0 Å². The van der Waals surface area contributed by atoms with Crippen molar-refractivity contribution in [3.05, 3.63) is 24.3 Å². The number of hydrogen-bond donors (Lipinski definition) is 1. The number of carboxylic acids is 1. The number of esters is 1. The fourth-order valence-corrected chi connectivity index (χ4v) is 5.60. The van der Waals surface area contributed by atoms with Crippen LogP contribution in [0.5, 0.6) is 0 Å². The Kier molecular flexibility index (Phi) is 33.6. The van der Waals surface area contributed by atoms with Gasteiger partial charge in [-0.05, 0) is 51.0 Å². The van der Waals surface area contributed by atoms with E-state index in [0.717, 1.165) is 70.6 Å². The number of rotatable bonds is 34. The second-order valence-corrected chi connectivity index (χ2v) is 12.8. The van der Waals surface area contributed by atoms with E-state index in [4.69, 9.17) is 9.84 Å². The summed E-state index contributed by atoms with van der Waals surface area (Å²) in [5.41, 5.74) is 0. The number of carbonyl (C=O) groups is 2. The van der Waals surface area contributed by atoms with Gasteiger partial charge in [0.15, 0.2) is 0 Å². The zero-order chi connectivity index (χ0) is 31.5. The van der Waals surface area contributed by atoms with Gasteiger partial charge in [-0.15, -0.1) is 0 Å². The highest BCUT2D eigenvalue weighted by Gasteiger charge is 2.11. The van der Waals surface area contributed by atoms with Crippen molar-refractivity contribution in [2.45, 2.75) is 213 Å². The molecule has 1 N–H and O–H groups in total. The lowest BCUT2D eigenvalue weighted by atomic mass is 10.0. The van der Waals surface area contributed by atoms with E-state index in [1.54, 1.807) is 0 Å². The van der Waals surface area contributed by atoms with Crippen LogP contribution in [0.4, 0.5) is 0 Å². The van der Waals surface area contributed by atoms with Crippen LogP contribution in [0.15, 0.2) is 24.3 Å². The largest absolute Gasteiger partial charge is 0.481 e. The van der Waals surface area contributed by atoms with Gasteiger partial charge in [0.05, 0.1) is 0 Å². The molecule has 0 aromatic heterocycles. The number of carbonyl (C=O) groups excluding carboxylic acids is 1. The predicted octanol–water partition coefficient (Wildman–Crippen LogP) is 12.8. The standard InChI is InChI=1S/C39H72O4/c1-3-5-7-9-11-13-14-15-16-17-18-20-22-28-32-36-39(42)43-37(33-29-25-21-19-12-10-8-6-4-2)34-30-26-23-24-27-31-35-38(40)41/h19,21,29,33,37H,3-18,20,22-28,30-32,34-36H2,1-2H3,(H,40,41)/b21-19-,33-29-. The molecule has 4 nitrogen and oxygen atoms in total. The molecular weight excluding hydrogens is 532 g/mol. The van der Waals surface area contributed by atoms with Crippen molar-refractivity contribution in [1.82, 2.24) is 0 Å². The molecule has 0 saturated carbocycles. The summed E-state index contributed by atoms with van der Waals surface area (Å²) in [4.78, 5) is 23.2. The minimum Gasteiger partial charge on any atom is -0.481 e. The highest BCUT2D eigenvalue weighted by molar-refractivity contribution is 5.69. The van der Waals surface area contributed by atoms with E-state index in [2.05, 4.69) is 38.2 Å². The Labute approximate surface area is 267 Å². The van der Waals surface area contributed by atoms with E-state index in [-0.39, 0.29) is 18.5 Å². The fraction of sp³-hybridized carbons (Fsp3) is 0.846. The minimum atomic E-state index is -0.702. The third-order valence-electron chi connectivity index (χ3n) is 8.41. The van der Waals surface area contributed by atoms with Crippen LogP contribution in [-0.2, 0) is 14.3 Å². The monoisotopic (exact) mass is 605 g/mol. The molecule has 0 amide bonds. The summed E-state index contributed by atoms with van der Waals surface area (Å²) in [6, 6.07) is 0. The van der Waals surface area contributed by atoms with Crippen molar-refractivity contribution in [2.24, 2.45) is 0 Å². The summed E-state index contributed by atoms with van der Waals surface area (Å²) in [7, 11) is 0. The van der Waals surface area contributed by atoms with Gasteiger partial charge in [-0.3, -0.25) is 9.59 Å². The molecule has 0 heterocycles. The van der Waals surface area contributed by atoms with Crippen LogP contribution in [0, 0.1) is 0 Å². The lowest BCUT2D eigenvalue weighted by Crippen LogP contribution is -2.16. The van der Waals surface area contributed by atoms with Crippen LogP contribution >= 0.6 is 0 Å². The molecule has 0 spiro atoms. The molecular formula is C39H72O4. The second-order valence-electron chi connectivity index (χ2n) is 12.8. The Morgan fingerprint density at radius 3 is 1.49 bits per heavy atom. The first-order valence-corrected chi connectivity index (χ1v) is 18.8. The highest BCUT2D eigenvalue weighted by Crippen LogP contribution is 2.16. The molecule has 0 aliphatic rings. The van der Waals surface area contributed by atoms with Gasteiger partial charge in [-0.25, -0.2) is 0 Å². The lowest BCUT2D eigenvalue weighted by Gasteiger charge is -2.14. The third kappa shape index (κ3) is 34.8. The van der Waals surface area contributed by atoms with E-state index in [1.165, 1.54) is 109 Å². The van der Waals surface area contributed by atoms with Gasteiger partial charge in [0, 0.05) is 12.8 Å². The van der Waals surface area contributed by atoms with Crippen molar-refractivity contribution >= 4 is 11.9 Å². The van der Waals surface area contributed by atoms with Crippen molar-refractivity contribution in [1.29, 1.82) is 0 Å². The molecule has 0 radical (unpaired) electrons. The van der Waals surface area contributed by atoms with E-state index in [9.17, 15) is 9.59 Å². The topological polar surface area (TPSA) is 63.6 Å². The van der Waals surface area contributed by atoms with Gasteiger partial charge in [0.2, 0.25) is 0 Å². The van der Waals surface area contributed by atoms with E-state index in [1.807, 2.05) is 0 Å². The number of aliphatic carboxylic acids is 1. The highest BCUT2D eigenvalue weighted by atomic mass is 16.5. The Bertz CT molecular complexity index is 654. The second kappa shape index (κ2) is 34.9. The van der Waals surface area contributed by atoms with Gasteiger partial charge in [0.1, 0.15) is 6.10 Å². The zero-order valence-corrected chi connectivity index (χ0v) is 28.8. The van der Waals surface area contributed by atoms with Crippen molar-refractivity contribution in [3.8, 4) is 0 Å². The minimum absolute atomic E-state index is 0.0514. The van der Waals surface area contributed by atoms with Crippen LogP contribution in [0.25, 0.3) is 0 Å². The van der Waals surface area contributed by atoms with Crippen LogP contribution in [0.3, 0.4) is 0 Å². The summed E-state index contributed by atoms with van der Waals surface area (Å²) in [5, 5.41) is 8.76. The van der Waals surface area contributed by atoms with Crippen LogP contribution in [0.1, 0.15) is 206 Å². The average Bonchev–Trinajstić information content (AvgIpc) is 2.99. The van der Waals surface area contributed by atoms with Gasteiger partial charge in [-0.1, -0.05) is 167 Å². The predicted molar refractivity (Wildman–Crippen MR) is 186 cm³/mol. The molecule has 43 heavy (non-hydrogen) atoms. The molecule has 0 aromatic carbocycles. The van der Waals surface area contributed by atoms with Crippen molar-refractivity contribution in [2.75, 3.05) is 0 Å². The molecule has 0 aliphatic carbocycles. The SMILES string of the molecule is CCCCCC/C=C\C/C=C\C(CCCCCCCCC(=O)O)OC(=O)CCCCCCCCCCCCCCCCC. The summed E-state index contributed by atoms with van der Waals surface area (Å²) < 4.78 is 5.90. The maximum atomic E-state index is 12.6. The maximum Gasteiger partial charge on any atom is 0.306 e. The molecule has 1 unspecified atom stereocenters. The molecule has 0 bridgehead atoms. The number of ether oxygens (including phenoxy) is 1. The first-order valence-electron chi connectivity index (χ1n) is 18.8. The van der Waals surface area contributed by atoms with Gasteiger partial charge >= 0.3 is 11.9 Å². The van der Waals surface area contributed by atoms with Gasteiger partial charge < -0.3 is 9.84 Å². The average molecular weight is 605 g/mol. The summed E-state index contributed by atoms with van der Waals surface area (Å²) >= 11 is 0. The van der Waals surface area contributed by atoms with E-state index in [0.29, 0.717) is 6.42 Å². The molecule has 0 saturated heterocycles. The normalized spacial score (nSPS) is 12.4. The van der Waals surface area contributed by atoms with Crippen LogP contribution in [-0.4, -0.2) is 23.1 Å². The number of allylic oxidation sites excluding steroid dienone is 3. The van der Waals surface area contributed by atoms with Crippen molar-refractivity contribution in [3.63, 3.8) is 0 Å². The summed E-state index contributed by atoms with van der Waals surface area (Å²) in [6.45, 7) is 4.52. The maximum absolute atomic E-state index is 12.6. The molecule has 0 aliphatic heterocycles. The summed E-state index contributed by atoms with van der Waals surface area (Å²) in [6.07, 6.45) is 43.5. The van der Waals surface area contributed by atoms with Crippen LogP contribution in [0.2, 0.25) is 0 Å². The first kappa shape index (κ1) is 41.4. The van der Waals surface area contributed by atoms with Crippen LogP contribution < -0.4 is 0 Å². The number of hydrogen-bond acceptors (Lipinski definition) is 3.